The molecule has 0 amide bonds. The van der Waals surface area contributed by atoms with Crippen LogP contribution in [0.2, 0.25) is 0 Å². The van der Waals surface area contributed by atoms with Gasteiger partial charge in [-0.3, -0.25) is 0 Å². The molecule has 1 aliphatic carbocycles. The molecule has 1 fully saturated rings. The van der Waals surface area contributed by atoms with Crippen molar-refractivity contribution in [2.75, 3.05) is 13.2 Å². The van der Waals surface area contributed by atoms with Crippen molar-refractivity contribution in [2.45, 2.75) is 51.6 Å². The van der Waals surface area contributed by atoms with Gasteiger partial charge in [0.25, 0.3) is 0 Å². The van der Waals surface area contributed by atoms with Crippen molar-refractivity contribution in [3.05, 3.63) is 35.9 Å². The average Bonchev–Trinajstić information content (AvgIpc) is 2.47. The molecule has 2 rings (SSSR count). The van der Waals surface area contributed by atoms with Crippen LogP contribution in [0.1, 0.15) is 51.0 Å². The van der Waals surface area contributed by atoms with Gasteiger partial charge in [-0.2, -0.15) is 0 Å². The Kier molecular flexibility index (Phi) is 6.06. The first-order valence-corrected chi connectivity index (χ1v) is 8.07. The van der Waals surface area contributed by atoms with Gasteiger partial charge >= 0.3 is 0 Å². The topological polar surface area (TPSA) is 35.2 Å². The van der Waals surface area contributed by atoms with Gasteiger partial charge in [0.15, 0.2) is 0 Å². The molecule has 0 bridgehead atoms. The van der Waals surface area contributed by atoms with Gasteiger partial charge in [0.1, 0.15) is 0 Å². The third-order valence-corrected chi connectivity index (χ3v) is 4.53. The number of benzene rings is 1. The van der Waals surface area contributed by atoms with Crippen LogP contribution in [-0.4, -0.2) is 19.3 Å². The van der Waals surface area contributed by atoms with E-state index in [9.17, 15) is 0 Å². The van der Waals surface area contributed by atoms with Crippen LogP contribution in [0.3, 0.4) is 0 Å². The second-order valence-corrected chi connectivity index (χ2v) is 6.51. The van der Waals surface area contributed by atoms with E-state index in [4.69, 9.17) is 10.5 Å². The Hall–Kier alpha value is -0.860. The van der Waals surface area contributed by atoms with Crippen molar-refractivity contribution < 1.29 is 4.74 Å². The molecule has 112 valence electrons. The Balaban J connectivity index is 1.93. The van der Waals surface area contributed by atoms with Crippen LogP contribution in [-0.2, 0) is 4.74 Å². The zero-order chi connectivity index (χ0) is 14.4. The van der Waals surface area contributed by atoms with E-state index in [1.165, 1.54) is 18.4 Å². The molecule has 2 nitrogen and oxygen atoms in total. The highest BCUT2D eigenvalue weighted by Crippen LogP contribution is 2.37. The van der Waals surface area contributed by atoms with Gasteiger partial charge in [-0.1, -0.05) is 44.2 Å². The maximum atomic E-state index is 6.17. The zero-order valence-corrected chi connectivity index (χ0v) is 12.9. The lowest BCUT2D eigenvalue weighted by Gasteiger charge is -2.36. The predicted molar refractivity (Wildman–Crippen MR) is 84.8 cm³/mol. The second kappa shape index (κ2) is 7.80. The summed E-state index contributed by atoms with van der Waals surface area (Å²) in [5.74, 6) is 1.89. The van der Waals surface area contributed by atoms with E-state index < -0.39 is 0 Å². The predicted octanol–water partition coefficient (Wildman–Crippen LogP) is 3.96. The highest BCUT2D eigenvalue weighted by molar-refractivity contribution is 5.20. The summed E-state index contributed by atoms with van der Waals surface area (Å²) in [4.78, 5) is 0. The molecule has 20 heavy (non-hydrogen) atoms. The molecule has 3 atom stereocenters. The van der Waals surface area contributed by atoms with E-state index in [1.54, 1.807) is 0 Å². The standard InChI is InChI=1S/C18H29NO/c1-14(2)10-11-20-18-12-16(8-9-17(18)13-19)15-6-4-3-5-7-15/h3-7,14,16-18H,8-13,19H2,1-2H3. The van der Waals surface area contributed by atoms with Crippen molar-refractivity contribution in [3.8, 4) is 0 Å². The van der Waals surface area contributed by atoms with E-state index >= 15 is 0 Å². The monoisotopic (exact) mass is 275 g/mol. The van der Waals surface area contributed by atoms with Crippen LogP contribution in [0.15, 0.2) is 30.3 Å². The van der Waals surface area contributed by atoms with E-state index in [-0.39, 0.29) is 0 Å². The van der Waals surface area contributed by atoms with Crippen LogP contribution >= 0.6 is 0 Å². The fourth-order valence-corrected chi connectivity index (χ4v) is 3.15. The third kappa shape index (κ3) is 4.32. The summed E-state index contributed by atoms with van der Waals surface area (Å²) in [6, 6.07) is 10.9. The van der Waals surface area contributed by atoms with Crippen LogP contribution in [0.4, 0.5) is 0 Å². The minimum atomic E-state index is 0.345. The van der Waals surface area contributed by atoms with Gasteiger partial charge < -0.3 is 10.5 Å². The molecule has 2 heteroatoms. The quantitative estimate of drug-likeness (QED) is 0.853. The summed E-state index contributed by atoms with van der Waals surface area (Å²) in [7, 11) is 0. The molecular weight excluding hydrogens is 246 g/mol. The zero-order valence-electron chi connectivity index (χ0n) is 12.9. The van der Waals surface area contributed by atoms with E-state index in [1.807, 2.05) is 0 Å². The maximum Gasteiger partial charge on any atom is 0.0621 e. The lowest BCUT2D eigenvalue weighted by molar-refractivity contribution is -0.0176. The second-order valence-electron chi connectivity index (χ2n) is 6.51. The molecule has 0 radical (unpaired) electrons. The highest BCUT2D eigenvalue weighted by atomic mass is 16.5. The maximum absolute atomic E-state index is 6.17. The molecule has 0 aromatic heterocycles. The fourth-order valence-electron chi connectivity index (χ4n) is 3.15. The third-order valence-electron chi connectivity index (χ3n) is 4.53. The largest absolute Gasteiger partial charge is 0.378 e. The Bertz CT molecular complexity index is 376. The molecule has 1 aromatic rings. The first-order chi connectivity index (χ1) is 9.70. The molecule has 1 aromatic carbocycles. The highest BCUT2D eigenvalue weighted by Gasteiger charge is 2.30. The lowest BCUT2D eigenvalue weighted by atomic mass is 9.77. The SMILES string of the molecule is CC(C)CCOC1CC(c2ccccc2)CCC1CN. The van der Waals surface area contributed by atoms with Crippen LogP contribution in [0.5, 0.6) is 0 Å². The van der Waals surface area contributed by atoms with Crippen molar-refractivity contribution >= 4 is 0 Å². The molecule has 0 heterocycles. The Morgan fingerprint density at radius 1 is 1.20 bits per heavy atom. The molecule has 1 aliphatic rings. The number of nitrogens with two attached hydrogens (primary N) is 1. The number of hydrogen-bond acceptors (Lipinski definition) is 2. The van der Waals surface area contributed by atoms with Crippen LogP contribution in [0, 0.1) is 11.8 Å². The van der Waals surface area contributed by atoms with Gasteiger partial charge in [0.05, 0.1) is 6.10 Å². The Morgan fingerprint density at radius 2 is 1.95 bits per heavy atom. The van der Waals surface area contributed by atoms with Gasteiger partial charge in [-0.15, -0.1) is 0 Å². The van der Waals surface area contributed by atoms with Crippen LogP contribution < -0.4 is 5.73 Å². The van der Waals surface area contributed by atoms with Crippen molar-refractivity contribution in [3.63, 3.8) is 0 Å². The summed E-state index contributed by atoms with van der Waals surface area (Å²) in [6.07, 6.45) is 5.06. The lowest BCUT2D eigenvalue weighted by Crippen LogP contribution is -2.36. The van der Waals surface area contributed by atoms with Gasteiger partial charge in [-0.05, 0) is 55.5 Å². The molecule has 1 saturated carbocycles. The summed E-state index contributed by atoms with van der Waals surface area (Å²) < 4.78 is 6.17. The minimum Gasteiger partial charge on any atom is -0.378 e. The number of hydrogen-bond donors (Lipinski definition) is 1. The van der Waals surface area contributed by atoms with E-state index in [2.05, 4.69) is 44.2 Å². The van der Waals surface area contributed by atoms with Crippen LogP contribution in [0.25, 0.3) is 0 Å². The first kappa shape index (κ1) is 15.5. The molecule has 2 N–H and O–H groups in total. The van der Waals surface area contributed by atoms with Crippen molar-refractivity contribution in [1.29, 1.82) is 0 Å². The molecule has 3 unspecified atom stereocenters. The summed E-state index contributed by atoms with van der Waals surface area (Å²) in [5, 5.41) is 0. The normalized spacial score (nSPS) is 26.9. The fraction of sp³-hybridized carbons (Fsp3) is 0.667. The smallest absolute Gasteiger partial charge is 0.0621 e. The van der Waals surface area contributed by atoms with Gasteiger partial charge in [0, 0.05) is 6.61 Å². The van der Waals surface area contributed by atoms with Crippen molar-refractivity contribution in [1.82, 2.24) is 0 Å². The summed E-state index contributed by atoms with van der Waals surface area (Å²) in [6.45, 7) is 6.13. The molecule has 0 saturated heterocycles. The van der Waals surface area contributed by atoms with E-state index in [0.717, 1.165) is 26.0 Å². The van der Waals surface area contributed by atoms with Gasteiger partial charge in [0.2, 0.25) is 0 Å². The molecule has 0 aliphatic heterocycles. The Labute approximate surface area is 123 Å². The Morgan fingerprint density at radius 3 is 2.60 bits per heavy atom. The first-order valence-electron chi connectivity index (χ1n) is 8.07. The number of ether oxygens (including phenoxy) is 1. The average molecular weight is 275 g/mol. The summed E-state index contributed by atoms with van der Waals surface area (Å²) >= 11 is 0. The minimum absolute atomic E-state index is 0.345. The molecular formula is C18H29NO. The number of rotatable bonds is 6. The van der Waals surface area contributed by atoms with E-state index in [0.29, 0.717) is 23.9 Å². The van der Waals surface area contributed by atoms with Crippen molar-refractivity contribution in [2.24, 2.45) is 17.6 Å². The summed E-state index contributed by atoms with van der Waals surface area (Å²) in [5.41, 5.74) is 7.39. The van der Waals surface area contributed by atoms with Gasteiger partial charge in [-0.25, -0.2) is 0 Å². The molecule has 0 spiro atoms.